The van der Waals surface area contributed by atoms with Crippen molar-refractivity contribution in [2.24, 2.45) is 5.92 Å². The Kier molecular flexibility index (Phi) is 5.67. The van der Waals surface area contributed by atoms with Crippen LogP contribution in [-0.4, -0.2) is 16.8 Å². The van der Waals surface area contributed by atoms with Crippen LogP contribution < -0.4 is 5.32 Å². The first-order valence-corrected chi connectivity index (χ1v) is 8.93. The van der Waals surface area contributed by atoms with Crippen molar-refractivity contribution in [1.82, 2.24) is 10.3 Å². The maximum absolute atomic E-state index is 9.09. The van der Waals surface area contributed by atoms with Gasteiger partial charge in [-0.2, -0.15) is 0 Å². The summed E-state index contributed by atoms with van der Waals surface area (Å²) in [6.45, 7) is 4.19. The van der Waals surface area contributed by atoms with Crippen LogP contribution in [-0.2, 0) is 0 Å². The van der Waals surface area contributed by atoms with Gasteiger partial charge in [0.25, 0.3) is 0 Å². The first-order chi connectivity index (χ1) is 12.2. The zero-order valence-electron chi connectivity index (χ0n) is 15.0. The summed E-state index contributed by atoms with van der Waals surface area (Å²) in [5.74, 6) is 0.705. The minimum absolute atomic E-state index is 0.0628. The number of benzene rings is 1. The quantitative estimate of drug-likeness (QED) is 0.599. The molecule has 1 fully saturated rings. The summed E-state index contributed by atoms with van der Waals surface area (Å²) in [4.78, 5) is 4.27. The summed E-state index contributed by atoms with van der Waals surface area (Å²) in [5.41, 5.74) is 7.09. The smallest absolute Gasteiger partial charge is 0.112 e. The number of rotatable bonds is 6. The molecule has 25 heavy (non-hydrogen) atoms. The van der Waals surface area contributed by atoms with Crippen LogP contribution in [0.5, 0.6) is 0 Å². The van der Waals surface area contributed by atoms with Gasteiger partial charge in [-0.05, 0) is 66.5 Å². The van der Waals surface area contributed by atoms with Crippen LogP contribution in [0.1, 0.15) is 36.0 Å². The largest absolute Gasteiger partial charge is 0.377 e. The lowest BCUT2D eigenvalue weighted by atomic mass is 9.84. The summed E-state index contributed by atoms with van der Waals surface area (Å²) in [5, 5.41) is 12.0. The number of nitrogens with zero attached hydrogens (tertiary/aromatic N) is 1. The maximum Gasteiger partial charge on any atom is 0.112 e. The summed E-state index contributed by atoms with van der Waals surface area (Å²) in [6.07, 6.45) is 14.0. The first-order valence-electron chi connectivity index (χ1n) is 8.93. The van der Waals surface area contributed by atoms with Crippen molar-refractivity contribution < 1.29 is 5.11 Å². The Labute approximate surface area is 150 Å². The number of nitrogens with one attached hydrogen (secondary N) is 1. The van der Waals surface area contributed by atoms with Crippen LogP contribution in [0.2, 0.25) is 0 Å². The van der Waals surface area contributed by atoms with Gasteiger partial charge in [0.2, 0.25) is 0 Å². The molecule has 0 bridgehead atoms. The van der Waals surface area contributed by atoms with Gasteiger partial charge >= 0.3 is 0 Å². The van der Waals surface area contributed by atoms with Gasteiger partial charge in [-0.3, -0.25) is 4.98 Å². The number of hydrogen-bond acceptors (Lipinski definition) is 3. The Morgan fingerprint density at radius 2 is 2.04 bits per heavy atom. The highest BCUT2D eigenvalue weighted by Gasteiger charge is 2.14. The van der Waals surface area contributed by atoms with Gasteiger partial charge in [-0.25, -0.2) is 0 Å². The number of allylic oxidation sites excluding steroid dienone is 3. The number of aryl methyl sites for hydroxylation is 2. The third kappa shape index (κ3) is 4.18. The highest BCUT2D eigenvalue weighted by Crippen LogP contribution is 2.31. The summed E-state index contributed by atoms with van der Waals surface area (Å²) in [7, 11) is 0. The zero-order chi connectivity index (χ0) is 17.6. The third-order valence-electron chi connectivity index (χ3n) is 4.94. The fourth-order valence-electron chi connectivity index (χ4n) is 3.15. The third-order valence-corrected chi connectivity index (χ3v) is 4.94. The number of aliphatic hydroxyl groups is 1. The number of aromatic nitrogens is 1. The molecule has 0 radical (unpaired) electrons. The molecule has 0 saturated heterocycles. The lowest BCUT2D eigenvalue weighted by Gasteiger charge is -2.21. The van der Waals surface area contributed by atoms with Crippen molar-refractivity contribution in [3.8, 4) is 11.1 Å². The van der Waals surface area contributed by atoms with E-state index in [4.69, 9.17) is 5.11 Å². The maximum atomic E-state index is 9.09. The van der Waals surface area contributed by atoms with Crippen LogP contribution >= 0.6 is 0 Å². The molecule has 1 aromatic heterocycles. The fraction of sp³-hybridized carbons (Fsp3) is 0.318. The molecule has 0 spiro atoms. The van der Waals surface area contributed by atoms with E-state index in [0.29, 0.717) is 5.92 Å². The van der Waals surface area contributed by atoms with Gasteiger partial charge < -0.3 is 10.4 Å². The summed E-state index contributed by atoms with van der Waals surface area (Å²) >= 11 is 0. The summed E-state index contributed by atoms with van der Waals surface area (Å²) in [6, 6.07) is 8.56. The van der Waals surface area contributed by atoms with Crippen molar-refractivity contribution in [2.45, 2.75) is 33.1 Å². The highest BCUT2D eigenvalue weighted by molar-refractivity contribution is 5.78. The molecule has 2 N–H and O–H groups in total. The van der Waals surface area contributed by atoms with Gasteiger partial charge in [0.1, 0.15) is 6.73 Å². The van der Waals surface area contributed by atoms with Crippen LogP contribution in [0.15, 0.2) is 55.0 Å². The van der Waals surface area contributed by atoms with Crippen molar-refractivity contribution >= 4 is 5.57 Å². The summed E-state index contributed by atoms with van der Waals surface area (Å²) < 4.78 is 0. The number of aliphatic hydroxyl groups excluding tert-OH is 1. The Balaban J connectivity index is 1.91. The van der Waals surface area contributed by atoms with Gasteiger partial charge in [0.05, 0.1) is 0 Å². The van der Waals surface area contributed by atoms with E-state index in [1.165, 1.54) is 41.5 Å². The molecule has 2 aromatic rings. The predicted octanol–water partition coefficient (Wildman–Crippen LogP) is 4.60. The SMILES string of the molecule is Cc1cc(C(/C=C\C2CCC2)=C/NCO)ccc1-c1cnccc1C. The van der Waals surface area contributed by atoms with Crippen molar-refractivity contribution in [2.75, 3.05) is 6.73 Å². The number of hydrogen-bond donors (Lipinski definition) is 2. The fourth-order valence-corrected chi connectivity index (χ4v) is 3.15. The van der Waals surface area contributed by atoms with Crippen molar-refractivity contribution in [3.63, 3.8) is 0 Å². The molecule has 1 heterocycles. The van der Waals surface area contributed by atoms with Crippen LogP contribution in [0.25, 0.3) is 16.7 Å². The highest BCUT2D eigenvalue weighted by atomic mass is 16.3. The van der Waals surface area contributed by atoms with E-state index in [1.807, 2.05) is 24.7 Å². The Bertz CT molecular complexity index is 788. The van der Waals surface area contributed by atoms with E-state index in [2.05, 4.69) is 54.5 Å². The Hall–Kier alpha value is -2.39. The number of pyridine rings is 1. The van der Waals surface area contributed by atoms with Gasteiger partial charge in [-0.15, -0.1) is 0 Å². The van der Waals surface area contributed by atoms with Crippen LogP contribution in [0.3, 0.4) is 0 Å². The molecule has 3 heteroatoms. The molecule has 1 aliphatic rings. The zero-order valence-corrected chi connectivity index (χ0v) is 15.0. The molecule has 0 atom stereocenters. The molecule has 1 aliphatic carbocycles. The average Bonchev–Trinajstić information content (AvgIpc) is 2.57. The lowest BCUT2D eigenvalue weighted by Crippen LogP contribution is -2.08. The van der Waals surface area contributed by atoms with Crippen molar-refractivity contribution in [1.29, 1.82) is 0 Å². The van der Waals surface area contributed by atoms with E-state index in [0.717, 1.165) is 11.1 Å². The molecule has 1 saturated carbocycles. The van der Waals surface area contributed by atoms with Crippen molar-refractivity contribution in [3.05, 3.63) is 71.7 Å². The second-order valence-electron chi connectivity index (χ2n) is 6.73. The van der Waals surface area contributed by atoms with E-state index in [9.17, 15) is 0 Å². The van der Waals surface area contributed by atoms with Crippen LogP contribution in [0, 0.1) is 19.8 Å². The van der Waals surface area contributed by atoms with E-state index < -0.39 is 0 Å². The molecular formula is C22H26N2O. The molecule has 0 unspecified atom stereocenters. The monoisotopic (exact) mass is 334 g/mol. The topological polar surface area (TPSA) is 45.1 Å². The molecule has 3 nitrogen and oxygen atoms in total. The van der Waals surface area contributed by atoms with Gasteiger partial charge in [-0.1, -0.05) is 36.8 Å². The lowest BCUT2D eigenvalue weighted by molar-refractivity contribution is 0.280. The normalized spacial score (nSPS) is 15.4. The Morgan fingerprint density at radius 1 is 1.20 bits per heavy atom. The minimum Gasteiger partial charge on any atom is -0.377 e. The molecule has 1 aromatic carbocycles. The standard InChI is InChI=1S/C22H26N2O/c1-16-10-11-23-14-22(16)21-9-8-19(12-17(21)2)20(13-24-15-25)7-6-18-4-3-5-18/h6-14,18,24-25H,3-5,15H2,1-2H3/b7-6-,20-13+. The average molecular weight is 334 g/mol. The molecular weight excluding hydrogens is 308 g/mol. The molecule has 130 valence electrons. The molecule has 0 amide bonds. The first kappa shape index (κ1) is 17.4. The Morgan fingerprint density at radius 3 is 2.68 bits per heavy atom. The minimum atomic E-state index is -0.0628. The second kappa shape index (κ2) is 8.13. The van der Waals surface area contributed by atoms with E-state index in [-0.39, 0.29) is 6.73 Å². The van der Waals surface area contributed by atoms with E-state index >= 15 is 0 Å². The molecule has 0 aliphatic heterocycles. The van der Waals surface area contributed by atoms with Gasteiger partial charge in [0.15, 0.2) is 0 Å². The second-order valence-corrected chi connectivity index (χ2v) is 6.73. The van der Waals surface area contributed by atoms with Gasteiger partial charge in [0, 0.05) is 24.2 Å². The predicted molar refractivity (Wildman–Crippen MR) is 104 cm³/mol. The van der Waals surface area contributed by atoms with Crippen LogP contribution in [0.4, 0.5) is 0 Å². The van der Waals surface area contributed by atoms with E-state index in [1.54, 1.807) is 0 Å². The molecule has 3 rings (SSSR count).